The lowest BCUT2D eigenvalue weighted by Gasteiger charge is -2.24. The van der Waals surface area contributed by atoms with Crippen molar-refractivity contribution < 1.29 is 5.02 Å². The van der Waals surface area contributed by atoms with Gasteiger partial charge in [0.15, 0.2) is 0 Å². The standard InChI is InChI=1S/C10H9BClOS/c12-10(9-4-2-6-14-9)5-1-3-8(7-10)11-13/h1-4,6-7,13H,5H2. The van der Waals surface area contributed by atoms with E-state index in [0.29, 0.717) is 0 Å². The van der Waals surface area contributed by atoms with Crippen molar-refractivity contribution in [1.82, 2.24) is 0 Å². The summed E-state index contributed by atoms with van der Waals surface area (Å²) in [5.74, 6) is 0. The first-order valence-corrected chi connectivity index (χ1v) is 5.60. The molecule has 0 bridgehead atoms. The third-order valence-electron chi connectivity index (χ3n) is 2.20. The SMILES string of the molecule is O[B]C1=CC(Cl)(c2cccs2)CC=C1. The smallest absolute Gasteiger partial charge is 0.326 e. The minimum atomic E-state index is -0.475. The average Bonchev–Trinajstić information content (AvgIpc) is 2.71. The summed E-state index contributed by atoms with van der Waals surface area (Å²) in [5, 5.41) is 10.9. The van der Waals surface area contributed by atoms with Crippen LogP contribution in [0.15, 0.2) is 41.2 Å². The number of rotatable bonds is 2. The van der Waals surface area contributed by atoms with Gasteiger partial charge >= 0.3 is 7.48 Å². The molecule has 1 aliphatic rings. The van der Waals surface area contributed by atoms with Crippen LogP contribution in [0.3, 0.4) is 0 Å². The van der Waals surface area contributed by atoms with Crippen LogP contribution in [0, 0.1) is 0 Å². The Morgan fingerprint density at radius 1 is 1.57 bits per heavy atom. The normalized spacial score (nSPS) is 26.0. The fourth-order valence-corrected chi connectivity index (χ4v) is 2.72. The largest absolute Gasteiger partial charge is 0.450 e. The van der Waals surface area contributed by atoms with Gasteiger partial charge in [-0.05, 0) is 17.9 Å². The van der Waals surface area contributed by atoms with Crippen LogP contribution in [0.2, 0.25) is 0 Å². The molecule has 0 aromatic carbocycles. The summed E-state index contributed by atoms with van der Waals surface area (Å²) in [7, 11) is 1.08. The van der Waals surface area contributed by atoms with Gasteiger partial charge in [0.25, 0.3) is 0 Å². The zero-order chi connectivity index (χ0) is 10.0. The molecule has 0 saturated carbocycles. The molecule has 1 radical (unpaired) electrons. The van der Waals surface area contributed by atoms with Crippen molar-refractivity contribution in [3.63, 3.8) is 0 Å². The van der Waals surface area contributed by atoms with Gasteiger partial charge in [0.05, 0.1) is 4.87 Å². The highest BCUT2D eigenvalue weighted by Crippen LogP contribution is 2.40. The Hall–Kier alpha value is -0.505. The van der Waals surface area contributed by atoms with E-state index in [9.17, 15) is 0 Å². The highest BCUT2D eigenvalue weighted by Gasteiger charge is 2.29. The van der Waals surface area contributed by atoms with Crippen LogP contribution < -0.4 is 0 Å². The van der Waals surface area contributed by atoms with E-state index in [4.69, 9.17) is 16.6 Å². The summed E-state index contributed by atoms with van der Waals surface area (Å²) >= 11 is 8.10. The van der Waals surface area contributed by atoms with E-state index in [1.807, 2.05) is 35.7 Å². The van der Waals surface area contributed by atoms with E-state index in [2.05, 4.69) is 0 Å². The minimum Gasteiger partial charge on any atom is -0.450 e. The molecular weight excluding hydrogens is 214 g/mol. The summed E-state index contributed by atoms with van der Waals surface area (Å²) in [4.78, 5) is 0.639. The van der Waals surface area contributed by atoms with Gasteiger partial charge in [0.2, 0.25) is 0 Å². The van der Waals surface area contributed by atoms with E-state index < -0.39 is 4.87 Å². The monoisotopic (exact) mass is 223 g/mol. The van der Waals surface area contributed by atoms with Gasteiger partial charge in [-0.1, -0.05) is 29.8 Å². The van der Waals surface area contributed by atoms with Gasteiger partial charge < -0.3 is 5.02 Å². The van der Waals surface area contributed by atoms with Crippen LogP contribution in [0.1, 0.15) is 11.3 Å². The van der Waals surface area contributed by atoms with Crippen molar-refractivity contribution in [3.8, 4) is 0 Å². The predicted octanol–water partition coefficient (Wildman–Crippen LogP) is 2.64. The van der Waals surface area contributed by atoms with Gasteiger partial charge in [-0.15, -0.1) is 22.9 Å². The van der Waals surface area contributed by atoms with E-state index in [-0.39, 0.29) is 0 Å². The maximum atomic E-state index is 8.92. The van der Waals surface area contributed by atoms with Crippen LogP contribution in [0.25, 0.3) is 0 Å². The first-order valence-electron chi connectivity index (χ1n) is 4.34. The van der Waals surface area contributed by atoms with Crippen LogP contribution in [0.5, 0.6) is 0 Å². The molecule has 2 rings (SSSR count). The molecule has 1 N–H and O–H groups in total. The van der Waals surface area contributed by atoms with Gasteiger partial charge in [0.1, 0.15) is 0 Å². The molecule has 0 saturated heterocycles. The number of alkyl halides is 1. The van der Waals surface area contributed by atoms with Crippen molar-refractivity contribution in [3.05, 3.63) is 46.1 Å². The van der Waals surface area contributed by atoms with Gasteiger partial charge in [0, 0.05) is 4.88 Å². The number of halogens is 1. The predicted molar refractivity (Wildman–Crippen MR) is 61.7 cm³/mol. The maximum absolute atomic E-state index is 8.92. The third kappa shape index (κ3) is 1.80. The van der Waals surface area contributed by atoms with E-state index in [1.165, 1.54) is 0 Å². The Kier molecular flexibility index (Phi) is 2.82. The van der Waals surface area contributed by atoms with Gasteiger partial charge in [-0.25, -0.2) is 0 Å². The molecule has 1 heterocycles. The first-order chi connectivity index (χ1) is 6.74. The van der Waals surface area contributed by atoms with Crippen molar-refractivity contribution >= 4 is 30.4 Å². The molecule has 0 aliphatic heterocycles. The van der Waals surface area contributed by atoms with E-state index >= 15 is 0 Å². The van der Waals surface area contributed by atoms with Gasteiger partial charge in [-0.2, -0.15) is 0 Å². The van der Waals surface area contributed by atoms with Crippen LogP contribution in [-0.4, -0.2) is 12.5 Å². The highest BCUT2D eigenvalue weighted by atomic mass is 35.5. The lowest BCUT2D eigenvalue weighted by Crippen LogP contribution is -2.17. The summed E-state index contributed by atoms with van der Waals surface area (Å²) < 4.78 is 0. The fraction of sp³-hybridized carbons (Fsp3) is 0.200. The molecule has 1 aromatic rings. The topological polar surface area (TPSA) is 20.2 Å². The molecule has 4 heteroatoms. The molecule has 1 unspecified atom stereocenters. The second-order valence-corrected chi connectivity index (χ2v) is 4.84. The first kappa shape index (κ1) is 10.0. The zero-order valence-electron chi connectivity index (χ0n) is 7.48. The molecule has 14 heavy (non-hydrogen) atoms. The Bertz CT molecular complexity index is 371. The van der Waals surface area contributed by atoms with E-state index in [1.54, 1.807) is 11.3 Å². The second-order valence-electron chi connectivity index (χ2n) is 3.22. The van der Waals surface area contributed by atoms with Crippen LogP contribution >= 0.6 is 22.9 Å². The van der Waals surface area contributed by atoms with Crippen molar-refractivity contribution in [1.29, 1.82) is 0 Å². The Labute approximate surface area is 93.0 Å². The lowest BCUT2D eigenvalue weighted by atomic mass is 9.80. The second kappa shape index (κ2) is 3.93. The minimum absolute atomic E-state index is 0.475. The number of allylic oxidation sites excluding steroid dienone is 4. The van der Waals surface area contributed by atoms with Crippen LogP contribution in [0.4, 0.5) is 0 Å². The van der Waals surface area contributed by atoms with Crippen molar-refractivity contribution in [2.24, 2.45) is 0 Å². The summed E-state index contributed by atoms with van der Waals surface area (Å²) in [6.45, 7) is 0. The maximum Gasteiger partial charge on any atom is 0.326 e. The molecule has 0 amide bonds. The fourth-order valence-electron chi connectivity index (χ4n) is 1.50. The highest BCUT2D eigenvalue weighted by molar-refractivity contribution is 7.10. The molecule has 71 valence electrons. The van der Waals surface area contributed by atoms with Crippen molar-refractivity contribution in [2.75, 3.05) is 0 Å². The summed E-state index contributed by atoms with van der Waals surface area (Å²) in [6, 6.07) is 4.00. The lowest BCUT2D eigenvalue weighted by molar-refractivity contribution is 0.610. The zero-order valence-corrected chi connectivity index (χ0v) is 9.05. The molecule has 1 nitrogen and oxygen atoms in total. The quantitative estimate of drug-likeness (QED) is 0.604. The number of hydrogen-bond donors (Lipinski definition) is 1. The number of thiophene rings is 1. The van der Waals surface area contributed by atoms with E-state index in [0.717, 1.165) is 24.3 Å². The van der Waals surface area contributed by atoms with Crippen molar-refractivity contribution in [2.45, 2.75) is 11.3 Å². The van der Waals surface area contributed by atoms with Crippen LogP contribution in [-0.2, 0) is 4.87 Å². The number of hydrogen-bond acceptors (Lipinski definition) is 2. The Morgan fingerprint density at radius 2 is 2.43 bits per heavy atom. The summed E-state index contributed by atoms with van der Waals surface area (Å²) in [6.07, 6.45) is 6.51. The Morgan fingerprint density at radius 3 is 3.07 bits per heavy atom. The average molecular weight is 224 g/mol. The molecular formula is C10H9BClOS. The molecule has 1 aliphatic carbocycles. The molecule has 0 spiro atoms. The molecule has 1 aromatic heterocycles. The van der Waals surface area contributed by atoms with Gasteiger partial charge in [-0.3, -0.25) is 0 Å². The molecule has 1 atom stereocenters. The third-order valence-corrected chi connectivity index (χ3v) is 3.83. The Balaban J connectivity index is 2.34. The molecule has 0 fully saturated rings. The summed E-state index contributed by atoms with van der Waals surface area (Å²) in [5.41, 5.74) is 0.764.